The molecule has 0 fully saturated rings. The van der Waals surface area contributed by atoms with Crippen molar-refractivity contribution in [1.82, 2.24) is 9.97 Å². The molecule has 0 saturated carbocycles. The molecule has 1 aromatic rings. The zero-order chi connectivity index (χ0) is 10.3. The van der Waals surface area contributed by atoms with Crippen LogP contribution in [-0.2, 0) is 0 Å². The third-order valence-electron chi connectivity index (χ3n) is 2.52. The van der Waals surface area contributed by atoms with Gasteiger partial charge in [-0.2, -0.15) is 0 Å². The van der Waals surface area contributed by atoms with E-state index in [1.165, 1.54) is 0 Å². The van der Waals surface area contributed by atoms with Crippen molar-refractivity contribution in [1.29, 1.82) is 0 Å². The van der Waals surface area contributed by atoms with Crippen LogP contribution in [0.15, 0.2) is 4.79 Å². The maximum atomic E-state index is 11.5. The van der Waals surface area contributed by atoms with Crippen molar-refractivity contribution < 1.29 is 0 Å². The van der Waals surface area contributed by atoms with Crippen LogP contribution in [0.2, 0.25) is 0 Å². The average Bonchev–Trinajstić information content (AvgIpc) is 2.08. The Kier molecular flexibility index (Phi) is 1.94. The van der Waals surface area contributed by atoms with Crippen LogP contribution in [0.3, 0.4) is 0 Å². The Balaban J connectivity index is 2.52. The molecule has 14 heavy (non-hydrogen) atoms. The van der Waals surface area contributed by atoms with Crippen molar-refractivity contribution in [2.75, 3.05) is 10.6 Å². The molecule has 3 N–H and O–H groups in total. The van der Waals surface area contributed by atoms with Crippen LogP contribution in [0.5, 0.6) is 0 Å². The van der Waals surface area contributed by atoms with E-state index >= 15 is 0 Å². The minimum absolute atomic E-state index is 0.112. The molecule has 1 aromatic heterocycles. The van der Waals surface area contributed by atoms with Crippen molar-refractivity contribution in [2.24, 2.45) is 0 Å². The van der Waals surface area contributed by atoms with Gasteiger partial charge in [-0.25, -0.2) is 4.98 Å². The summed E-state index contributed by atoms with van der Waals surface area (Å²) >= 11 is 0. The summed E-state index contributed by atoms with van der Waals surface area (Å²) in [5.74, 6) is 1.28. The molecule has 1 aliphatic heterocycles. The van der Waals surface area contributed by atoms with Crippen molar-refractivity contribution in [2.45, 2.75) is 32.9 Å². The second-order valence-corrected chi connectivity index (χ2v) is 3.74. The fourth-order valence-electron chi connectivity index (χ4n) is 1.52. The van der Waals surface area contributed by atoms with Crippen molar-refractivity contribution >= 4 is 11.5 Å². The Morgan fingerprint density at radius 3 is 2.57 bits per heavy atom. The quantitative estimate of drug-likeness (QED) is 0.568. The smallest absolute Gasteiger partial charge is 0.276 e. The summed E-state index contributed by atoms with van der Waals surface area (Å²) in [5, 5.41) is 6.33. The summed E-state index contributed by atoms with van der Waals surface area (Å²) in [6.07, 6.45) is 0. The second-order valence-electron chi connectivity index (χ2n) is 3.74. The molecule has 0 radical (unpaired) electrons. The third-order valence-corrected chi connectivity index (χ3v) is 2.52. The standard InChI is InChI=1S/C9H14N4O/c1-4-5(2)11-8-7(10-4)9(14)13-6(3)12-8/h4-5,10H,1-3H3,(H2,11,12,13,14)/t4-,5+/m0/s1. The summed E-state index contributed by atoms with van der Waals surface area (Å²) in [6, 6.07) is 0.504. The highest BCUT2D eigenvalue weighted by molar-refractivity contribution is 5.66. The second kappa shape index (κ2) is 3.01. The molecular weight excluding hydrogens is 180 g/mol. The molecule has 0 saturated heterocycles. The maximum Gasteiger partial charge on any atom is 0.276 e. The zero-order valence-electron chi connectivity index (χ0n) is 8.51. The molecular formula is C9H14N4O. The topological polar surface area (TPSA) is 69.8 Å². The summed E-state index contributed by atoms with van der Waals surface area (Å²) < 4.78 is 0. The van der Waals surface area contributed by atoms with Crippen LogP contribution in [0.25, 0.3) is 0 Å². The monoisotopic (exact) mass is 194 g/mol. The number of hydrogen-bond donors (Lipinski definition) is 3. The predicted octanol–water partition coefficient (Wildman–Crippen LogP) is 0.693. The summed E-state index contributed by atoms with van der Waals surface area (Å²) in [5.41, 5.74) is 0.431. The highest BCUT2D eigenvalue weighted by Crippen LogP contribution is 2.21. The molecule has 1 aliphatic rings. The third kappa shape index (κ3) is 1.34. The van der Waals surface area contributed by atoms with Gasteiger partial charge in [-0.05, 0) is 20.8 Å². The molecule has 0 aliphatic carbocycles. The average molecular weight is 194 g/mol. The van der Waals surface area contributed by atoms with Gasteiger partial charge >= 0.3 is 0 Å². The van der Waals surface area contributed by atoms with Crippen LogP contribution in [0, 0.1) is 6.92 Å². The van der Waals surface area contributed by atoms with E-state index in [1.807, 2.05) is 6.92 Å². The molecule has 0 bridgehead atoms. The number of aromatic amines is 1. The van der Waals surface area contributed by atoms with Gasteiger partial charge in [-0.3, -0.25) is 4.79 Å². The normalized spacial score (nSPS) is 24.8. The van der Waals surface area contributed by atoms with E-state index in [-0.39, 0.29) is 17.6 Å². The van der Waals surface area contributed by atoms with Gasteiger partial charge < -0.3 is 15.6 Å². The maximum absolute atomic E-state index is 11.5. The number of anilines is 2. The Morgan fingerprint density at radius 2 is 1.86 bits per heavy atom. The van der Waals surface area contributed by atoms with Crippen LogP contribution >= 0.6 is 0 Å². The molecule has 0 amide bonds. The lowest BCUT2D eigenvalue weighted by Crippen LogP contribution is -2.41. The molecule has 5 nitrogen and oxygen atoms in total. The van der Waals surface area contributed by atoms with Crippen LogP contribution in [0.1, 0.15) is 19.7 Å². The van der Waals surface area contributed by atoms with Gasteiger partial charge in [0.25, 0.3) is 5.56 Å². The molecule has 2 atom stereocenters. The van der Waals surface area contributed by atoms with E-state index in [2.05, 4.69) is 27.5 Å². The highest BCUT2D eigenvalue weighted by Gasteiger charge is 2.23. The number of hydrogen-bond acceptors (Lipinski definition) is 4. The van der Waals surface area contributed by atoms with Gasteiger partial charge in [0.15, 0.2) is 5.82 Å². The number of nitrogens with one attached hydrogen (secondary N) is 3. The van der Waals surface area contributed by atoms with Gasteiger partial charge in [0, 0.05) is 12.1 Å². The minimum atomic E-state index is -0.112. The van der Waals surface area contributed by atoms with Crippen LogP contribution in [0.4, 0.5) is 11.5 Å². The van der Waals surface area contributed by atoms with E-state index < -0.39 is 0 Å². The molecule has 0 spiro atoms. The first kappa shape index (κ1) is 9.05. The van der Waals surface area contributed by atoms with Crippen molar-refractivity contribution in [3.8, 4) is 0 Å². The number of fused-ring (bicyclic) bond motifs is 1. The fraction of sp³-hybridized carbons (Fsp3) is 0.556. The van der Waals surface area contributed by atoms with Gasteiger partial charge in [0.1, 0.15) is 11.5 Å². The summed E-state index contributed by atoms with van der Waals surface area (Å²) in [7, 11) is 0. The molecule has 0 unspecified atom stereocenters. The van der Waals surface area contributed by atoms with Gasteiger partial charge in [0.05, 0.1) is 0 Å². The number of aryl methyl sites for hydroxylation is 1. The predicted molar refractivity (Wildman–Crippen MR) is 55.8 cm³/mol. The summed E-state index contributed by atoms with van der Waals surface area (Å²) in [6.45, 7) is 5.85. The molecule has 76 valence electrons. The fourth-order valence-corrected chi connectivity index (χ4v) is 1.52. The Labute approximate surface area is 82.0 Å². The lowest BCUT2D eigenvalue weighted by atomic mass is 10.1. The van der Waals surface area contributed by atoms with E-state index in [4.69, 9.17) is 0 Å². The largest absolute Gasteiger partial charge is 0.373 e. The number of rotatable bonds is 0. The van der Waals surface area contributed by atoms with Gasteiger partial charge in [-0.1, -0.05) is 0 Å². The first-order valence-corrected chi connectivity index (χ1v) is 4.72. The molecule has 2 rings (SSSR count). The van der Waals surface area contributed by atoms with E-state index in [1.54, 1.807) is 6.92 Å². The van der Waals surface area contributed by atoms with E-state index in [9.17, 15) is 4.79 Å². The highest BCUT2D eigenvalue weighted by atomic mass is 16.1. The first-order valence-electron chi connectivity index (χ1n) is 4.72. The number of H-pyrrole nitrogens is 1. The summed E-state index contributed by atoms with van der Waals surface area (Å²) in [4.78, 5) is 18.4. The van der Waals surface area contributed by atoms with Gasteiger partial charge in [0.2, 0.25) is 0 Å². The minimum Gasteiger partial charge on any atom is -0.373 e. The SMILES string of the molecule is Cc1nc2c(c(=O)[nH]1)N[C@@H](C)[C@@H](C)N2. The number of aromatic nitrogens is 2. The first-order chi connectivity index (χ1) is 6.58. The van der Waals surface area contributed by atoms with Crippen molar-refractivity contribution in [3.63, 3.8) is 0 Å². The Morgan fingerprint density at radius 1 is 1.21 bits per heavy atom. The Hall–Kier alpha value is -1.52. The lowest BCUT2D eigenvalue weighted by Gasteiger charge is -2.30. The molecule has 5 heteroatoms. The zero-order valence-corrected chi connectivity index (χ0v) is 8.51. The van der Waals surface area contributed by atoms with Crippen LogP contribution in [-0.4, -0.2) is 22.1 Å². The van der Waals surface area contributed by atoms with Gasteiger partial charge in [-0.15, -0.1) is 0 Å². The van der Waals surface area contributed by atoms with Crippen LogP contribution < -0.4 is 16.2 Å². The van der Waals surface area contributed by atoms with Crippen molar-refractivity contribution in [3.05, 3.63) is 16.2 Å². The number of nitrogens with zero attached hydrogens (tertiary/aromatic N) is 1. The van der Waals surface area contributed by atoms with E-state index in [0.29, 0.717) is 17.3 Å². The lowest BCUT2D eigenvalue weighted by molar-refractivity contribution is 0.654. The molecule has 2 heterocycles. The van der Waals surface area contributed by atoms with E-state index in [0.717, 1.165) is 0 Å². The molecule has 0 aromatic carbocycles. The Bertz CT molecular complexity index is 412.